The number of hydrogen-bond acceptors (Lipinski definition) is 25. The van der Waals surface area contributed by atoms with Crippen LogP contribution in [0, 0.1) is 45.3 Å². The molecule has 8 aliphatic rings. The summed E-state index contributed by atoms with van der Waals surface area (Å²) in [4.78, 5) is 23.1. The van der Waals surface area contributed by atoms with E-state index < -0.39 is 196 Å². The fourth-order valence-corrected chi connectivity index (χ4v) is 16.6. The average molecular weight is 1200 g/mol. The molecule has 0 amide bonds. The van der Waals surface area contributed by atoms with Gasteiger partial charge in [0.25, 0.3) is 0 Å². The third-order valence-corrected chi connectivity index (χ3v) is 21.4. The minimum atomic E-state index is -1.95. The number of aliphatic hydroxyl groups excluding tert-OH is 14. The van der Waals surface area contributed by atoms with Gasteiger partial charge >= 0.3 is 11.9 Å². The minimum Gasteiger partial charge on any atom is -0.481 e. The quantitative estimate of drug-likeness (QED) is 0.0283. The normalized spacial score (nSPS) is 49.6. The molecule has 2 unspecified atom stereocenters. The summed E-state index contributed by atoms with van der Waals surface area (Å²) in [5.41, 5.74) is -1.83. The van der Waals surface area contributed by atoms with E-state index in [9.17, 15) is 81.1 Å². The number of fused-ring (bicyclic) bond motifs is 5. The Hall–Kier alpha value is -2.20. The van der Waals surface area contributed by atoms with Crippen LogP contribution in [0.4, 0.5) is 0 Å². The molecule has 4 saturated carbocycles. The van der Waals surface area contributed by atoms with Gasteiger partial charge in [0.05, 0.1) is 37.6 Å². The third-order valence-electron chi connectivity index (χ3n) is 21.4. The van der Waals surface area contributed by atoms with E-state index in [2.05, 4.69) is 40.7 Å². The van der Waals surface area contributed by atoms with Crippen LogP contribution in [0.1, 0.15) is 120 Å². The SMILES string of the molecule is CC(C)=CCC[C@](C)(O[C@@H]1O[C@H](CO[C@@H]2O[C@H](CO)[C@@H](O)[C@H](O)[C@H]2O)[C@@H](O)[C@H](O)[C@H]1O)[C@H]1CC[C@]2(C)[C@@H]1C(O)C[C@@H]1[C@@]3(C)CCC(O[C@@H]4O[C@H](CO)[C@@H](O)[C@H](O)[C@H]4O[C@@H]4O[C@H](COC(=O)CC(=O)O)[C@@H](O)[C@H](O)[C@H]4O)C(C)(C)[C@@H]3CC[C@]12C. The Labute approximate surface area is 483 Å². The van der Waals surface area contributed by atoms with E-state index in [1.807, 2.05) is 20.8 Å². The Balaban J connectivity index is 0.997. The highest BCUT2D eigenvalue weighted by Gasteiger charge is 2.72. The van der Waals surface area contributed by atoms with Crippen LogP contribution in [0.25, 0.3) is 0 Å². The number of aliphatic hydroxyl groups is 14. The van der Waals surface area contributed by atoms with Crippen LogP contribution in [-0.4, -0.2) is 256 Å². The van der Waals surface area contributed by atoms with Gasteiger partial charge < -0.3 is 119 Å². The lowest BCUT2D eigenvalue weighted by atomic mass is 9.35. The van der Waals surface area contributed by atoms with Crippen molar-refractivity contribution < 1.29 is 129 Å². The second-order valence-corrected chi connectivity index (χ2v) is 26.8. The number of allylic oxidation sites excluding steroid dienone is 2. The molecule has 8 rings (SSSR count). The first-order valence-electron chi connectivity index (χ1n) is 29.4. The van der Waals surface area contributed by atoms with Crippen molar-refractivity contribution in [3.05, 3.63) is 11.6 Å². The molecule has 4 aliphatic heterocycles. The smallest absolute Gasteiger partial charge is 0.317 e. The molecule has 0 spiro atoms. The van der Waals surface area contributed by atoms with Crippen LogP contribution in [-0.2, 0) is 52.2 Å². The summed E-state index contributed by atoms with van der Waals surface area (Å²) in [6.45, 7) is 14.3. The van der Waals surface area contributed by atoms with Gasteiger partial charge in [0.15, 0.2) is 25.2 Å². The lowest BCUT2D eigenvalue weighted by Crippen LogP contribution is -2.68. The molecule has 4 aliphatic carbocycles. The van der Waals surface area contributed by atoms with Gasteiger partial charge in [-0.2, -0.15) is 0 Å². The van der Waals surface area contributed by atoms with Crippen molar-refractivity contribution in [2.45, 2.75) is 260 Å². The number of rotatable bonds is 19. The van der Waals surface area contributed by atoms with Crippen LogP contribution in [0.15, 0.2) is 11.6 Å². The van der Waals surface area contributed by atoms with Crippen molar-refractivity contribution in [1.82, 2.24) is 0 Å². The maximum Gasteiger partial charge on any atom is 0.317 e. The highest BCUT2D eigenvalue weighted by Crippen LogP contribution is 2.76. The second-order valence-electron chi connectivity index (χ2n) is 26.8. The molecule has 0 aromatic carbocycles. The van der Waals surface area contributed by atoms with Crippen molar-refractivity contribution in [1.29, 1.82) is 0 Å². The number of carboxylic acids is 1. The molecule has 0 aromatic rings. The van der Waals surface area contributed by atoms with Crippen molar-refractivity contribution in [2.75, 3.05) is 26.4 Å². The van der Waals surface area contributed by atoms with Gasteiger partial charge in [0.2, 0.25) is 0 Å². The standard InChI is InChI=1S/C57H94O26/c1-24(2)10-9-14-57(8,83-51-47(74)43(70)40(67)30(80-51)23-76-49-45(72)41(68)37(64)27(20-58)77-49)25-11-16-56(7)36(25)26(60)18-32-54(5)15-13-33(53(3,4)31(54)12-17-55(32,56)6)81-52-48(44(71)38(65)28(21-59)78-52)82-50-46(73)42(69)39(66)29(79-50)22-75-35(63)19-34(61)62/h10,25-33,36-52,58-60,64-74H,9,11-23H2,1-8H3,(H,61,62)/t25-,26?,27+,28+,29+,30+,31-,32+,33?,36-,37+,38+,39+,40+,41-,42-,43-,44-,45+,46+,47+,48+,49+,50-,51-,52-,54-,55+,56+,57-/m0/s1. The topological polar surface area (TPSA) is 421 Å². The van der Waals surface area contributed by atoms with Gasteiger partial charge in [-0.15, -0.1) is 0 Å². The van der Waals surface area contributed by atoms with Gasteiger partial charge in [0.1, 0.15) is 111 Å². The zero-order chi connectivity index (χ0) is 61.2. The number of carbonyl (C=O) groups excluding carboxylic acids is 1. The van der Waals surface area contributed by atoms with E-state index >= 15 is 0 Å². The van der Waals surface area contributed by atoms with Crippen molar-refractivity contribution in [2.24, 2.45) is 45.3 Å². The number of carbonyl (C=O) groups is 2. The number of aliphatic carboxylic acids is 1. The number of ether oxygens (including phenoxy) is 9. The van der Waals surface area contributed by atoms with E-state index in [1.165, 1.54) is 0 Å². The van der Waals surface area contributed by atoms with Gasteiger partial charge in [0, 0.05) is 0 Å². The number of hydrogen-bond donors (Lipinski definition) is 15. The zero-order valence-electron chi connectivity index (χ0n) is 48.7. The summed E-state index contributed by atoms with van der Waals surface area (Å²) < 4.78 is 54.1. The highest BCUT2D eigenvalue weighted by atomic mass is 16.8. The number of esters is 1. The van der Waals surface area contributed by atoms with Gasteiger partial charge in [-0.25, -0.2) is 0 Å². The number of carboxylic acid groups (broad SMARTS) is 1. The predicted molar refractivity (Wildman–Crippen MR) is 282 cm³/mol. The molecule has 30 atom stereocenters. The molecule has 26 nitrogen and oxygen atoms in total. The summed E-state index contributed by atoms with van der Waals surface area (Å²) >= 11 is 0. The Morgan fingerprint density at radius 2 is 1.12 bits per heavy atom. The fraction of sp³-hybridized carbons (Fsp3) is 0.930. The largest absolute Gasteiger partial charge is 0.481 e. The molecular weight excluding hydrogens is 1100 g/mol. The van der Waals surface area contributed by atoms with Crippen LogP contribution in [0.2, 0.25) is 0 Å². The Morgan fingerprint density at radius 3 is 1.72 bits per heavy atom. The Bertz CT molecular complexity index is 2240. The summed E-state index contributed by atoms with van der Waals surface area (Å²) in [5.74, 6) is -3.27. The van der Waals surface area contributed by atoms with Gasteiger partial charge in [-0.1, -0.05) is 46.3 Å². The second kappa shape index (κ2) is 25.7. The fourth-order valence-electron chi connectivity index (χ4n) is 16.6. The van der Waals surface area contributed by atoms with Crippen LogP contribution >= 0.6 is 0 Å². The lowest BCUT2D eigenvalue weighted by Gasteiger charge is -2.71. The van der Waals surface area contributed by atoms with Crippen molar-refractivity contribution in [3.8, 4) is 0 Å². The molecule has 0 radical (unpaired) electrons. The third kappa shape index (κ3) is 12.5. The molecule has 83 heavy (non-hydrogen) atoms. The van der Waals surface area contributed by atoms with E-state index in [4.69, 9.17) is 47.7 Å². The molecule has 0 aromatic heterocycles. The monoisotopic (exact) mass is 1190 g/mol. The summed E-state index contributed by atoms with van der Waals surface area (Å²) in [5, 5.41) is 162. The Morgan fingerprint density at radius 1 is 0.590 bits per heavy atom. The zero-order valence-corrected chi connectivity index (χ0v) is 48.7. The van der Waals surface area contributed by atoms with E-state index in [0.29, 0.717) is 38.5 Å². The molecular formula is C57H94O26. The Kier molecular flexibility index (Phi) is 20.7. The molecule has 0 bridgehead atoms. The maximum atomic E-state index is 12.9. The average Bonchev–Trinajstić information content (AvgIpc) is 1.74. The van der Waals surface area contributed by atoms with E-state index in [-0.39, 0.29) is 34.5 Å². The summed E-state index contributed by atoms with van der Waals surface area (Å²) in [6, 6.07) is 0. The first-order valence-corrected chi connectivity index (χ1v) is 29.4. The summed E-state index contributed by atoms with van der Waals surface area (Å²) in [6.07, 6.45) is -28.1. The predicted octanol–water partition coefficient (Wildman–Crippen LogP) is -2.18. The molecule has 15 N–H and O–H groups in total. The van der Waals surface area contributed by atoms with E-state index in [1.54, 1.807) is 0 Å². The van der Waals surface area contributed by atoms with Crippen LogP contribution in [0.3, 0.4) is 0 Å². The van der Waals surface area contributed by atoms with Crippen molar-refractivity contribution in [3.63, 3.8) is 0 Å². The van der Waals surface area contributed by atoms with Gasteiger partial charge in [-0.3, -0.25) is 9.59 Å². The lowest BCUT2D eigenvalue weighted by molar-refractivity contribution is -0.378. The van der Waals surface area contributed by atoms with Crippen molar-refractivity contribution >= 4 is 11.9 Å². The molecule has 478 valence electrons. The highest BCUT2D eigenvalue weighted by molar-refractivity contribution is 5.90. The molecule has 26 heteroatoms. The van der Waals surface area contributed by atoms with Crippen LogP contribution < -0.4 is 0 Å². The maximum absolute atomic E-state index is 12.9. The minimum absolute atomic E-state index is 0.00720. The molecule has 8 fully saturated rings. The first kappa shape index (κ1) is 66.7. The first-order chi connectivity index (χ1) is 38.8. The summed E-state index contributed by atoms with van der Waals surface area (Å²) in [7, 11) is 0. The molecule has 4 saturated heterocycles. The molecule has 4 heterocycles. The van der Waals surface area contributed by atoms with Crippen LogP contribution in [0.5, 0.6) is 0 Å². The van der Waals surface area contributed by atoms with Gasteiger partial charge in [-0.05, 0) is 124 Å². The van der Waals surface area contributed by atoms with E-state index in [0.717, 1.165) is 24.8 Å².